The van der Waals surface area contributed by atoms with Gasteiger partial charge in [0.1, 0.15) is 30.3 Å². The summed E-state index contributed by atoms with van der Waals surface area (Å²) in [4.78, 5) is 3.97. The molecule has 3 rings (SSSR count). The van der Waals surface area contributed by atoms with E-state index in [4.69, 9.17) is 21.1 Å². The molecule has 1 aromatic carbocycles. The Labute approximate surface area is 178 Å². The Morgan fingerprint density at radius 3 is 2.68 bits per heavy atom. The van der Waals surface area contributed by atoms with E-state index in [0.717, 1.165) is 0 Å². The summed E-state index contributed by atoms with van der Waals surface area (Å²) in [5.41, 5.74) is -0.442. The van der Waals surface area contributed by atoms with Crippen LogP contribution in [0.4, 0.5) is 0 Å². The summed E-state index contributed by atoms with van der Waals surface area (Å²) in [6.07, 6.45) is 7.12. The largest absolute Gasteiger partial charge is 0.468 e. The van der Waals surface area contributed by atoms with Crippen LogP contribution in [0.5, 0.6) is 5.75 Å². The van der Waals surface area contributed by atoms with Gasteiger partial charge in [-0.05, 0) is 30.4 Å². The zero-order valence-corrected chi connectivity index (χ0v) is 18.0. The molecule has 1 aliphatic rings. The predicted molar refractivity (Wildman–Crippen MR) is 111 cm³/mol. The Hall–Kier alpha value is -1.83. The first-order chi connectivity index (χ1) is 13.3. The lowest BCUT2D eigenvalue weighted by molar-refractivity contribution is -0.0986. The van der Waals surface area contributed by atoms with Crippen LogP contribution in [-0.2, 0) is 4.74 Å². The monoisotopic (exact) mass is 467 g/mol. The summed E-state index contributed by atoms with van der Waals surface area (Å²) in [6, 6.07) is 9.41. The number of hydrogen-bond acceptors (Lipinski definition) is 5. The first-order valence-electron chi connectivity index (χ1n) is 8.90. The molecule has 2 aromatic rings. The van der Waals surface area contributed by atoms with Crippen LogP contribution in [0.25, 0.3) is 0 Å². The number of alkyl halides is 2. The number of allylic oxidation sites excluding steroid dienone is 1. The van der Waals surface area contributed by atoms with Crippen molar-refractivity contribution in [3.8, 4) is 5.75 Å². The first kappa shape index (κ1) is 20.9. The van der Waals surface area contributed by atoms with Gasteiger partial charge in [0.05, 0.1) is 0 Å². The van der Waals surface area contributed by atoms with Crippen molar-refractivity contribution in [2.75, 3.05) is 5.33 Å². The van der Waals surface area contributed by atoms with Crippen molar-refractivity contribution in [2.45, 2.75) is 37.7 Å². The van der Waals surface area contributed by atoms with E-state index in [-0.39, 0.29) is 0 Å². The molecule has 1 aromatic heterocycles. The van der Waals surface area contributed by atoms with Gasteiger partial charge in [0.25, 0.3) is 0 Å². The second-order valence-electron chi connectivity index (χ2n) is 7.30. The standard InChI is InChI=1S/C20H23BrClN3O3/c1-19(2,12-21)17(26)18(25-14-23-13-24-25)27-15-8-10-20(22,11-9-15)28-16-6-4-3-5-7-16/h3-10,13-14,17-18,26H,11-12H2,1-2H3. The molecular formula is C20H23BrClN3O3. The van der Waals surface area contributed by atoms with E-state index in [9.17, 15) is 5.11 Å². The number of nitrogens with zero attached hydrogens (tertiary/aromatic N) is 3. The van der Waals surface area contributed by atoms with Crippen molar-refractivity contribution in [2.24, 2.45) is 5.41 Å². The molecular weight excluding hydrogens is 446 g/mol. The quantitative estimate of drug-likeness (QED) is 0.580. The van der Waals surface area contributed by atoms with Gasteiger partial charge in [-0.15, -0.1) is 0 Å². The fraction of sp³-hybridized carbons (Fsp3) is 0.400. The molecule has 28 heavy (non-hydrogen) atoms. The van der Waals surface area contributed by atoms with E-state index < -0.39 is 22.8 Å². The molecule has 0 fully saturated rings. The van der Waals surface area contributed by atoms with Crippen molar-refractivity contribution in [3.63, 3.8) is 0 Å². The van der Waals surface area contributed by atoms with Gasteiger partial charge < -0.3 is 14.6 Å². The average Bonchev–Trinajstić information content (AvgIpc) is 3.22. The number of rotatable bonds is 8. The molecule has 3 atom stereocenters. The van der Waals surface area contributed by atoms with Crippen LogP contribution in [0.2, 0.25) is 0 Å². The van der Waals surface area contributed by atoms with Gasteiger partial charge in [0.2, 0.25) is 11.3 Å². The molecule has 0 saturated carbocycles. The van der Waals surface area contributed by atoms with Gasteiger partial charge in [-0.2, -0.15) is 5.10 Å². The maximum Gasteiger partial charge on any atom is 0.219 e. The van der Waals surface area contributed by atoms with E-state index in [1.165, 1.54) is 17.3 Å². The lowest BCUT2D eigenvalue weighted by atomic mass is 9.88. The van der Waals surface area contributed by atoms with Crippen LogP contribution in [0, 0.1) is 5.41 Å². The summed E-state index contributed by atoms with van der Waals surface area (Å²) in [7, 11) is 0. The Bertz CT molecular complexity index is 826. The zero-order valence-electron chi connectivity index (χ0n) is 15.7. The molecule has 150 valence electrons. The van der Waals surface area contributed by atoms with Crippen molar-refractivity contribution in [1.82, 2.24) is 14.8 Å². The second kappa shape index (κ2) is 8.68. The SMILES string of the molecule is CC(C)(CBr)C(O)C(OC1=CCC(Cl)(Oc2ccccc2)C=C1)n1cncn1. The van der Waals surface area contributed by atoms with Crippen LogP contribution in [0.1, 0.15) is 26.5 Å². The molecule has 1 N–H and O–H groups in total. The average molecular weight is 469 g/mol. The van der Waals surface area contributed by atoms with Gasteiger partial charge in [0.15, 0.2) is 0 Å². The number of halogens is 2. The normalized spacial score (nSPS) is 21.7. The van der Waals surface area contributed by atoms with Gasteiger partial charge in [-0.3, -0.25) is 0 Å². The summed E-state index contributed by atoms with van der Waals surface area (Å²) in [5, 5.41) is 14.6. The van der Waals surface area contributed by atoms with E-state index in [1.807, 2.05) is 50.3 Å². The lowest BCUT2D eigenvalue weighted by Gasteiger charge is -2.35. The predicted octanol–water partition coefficient (Wildman–Crippen LogP) is 4.43. The minimum Gasteiger partial charge on any atom is -0.468 e. The molecule has 6 nitrogen and oxygen atoms in total. The number of para-hydroxylation sites is 1. The molecule has 0 amide bonds. The zero-order chi connectivity index (χ0) is 20.2. The molecule has 8 heteroatoms. The van der Waals surface area contributed by atoms with Gasteiger partial charge >= 0.3 is 0 Å². The topological polar surface area (TPSA) is 69.4 Å². The second-order valence-corrected chi connectivity index (χ2v) is 8.50. The smallest absolute Gasteiger partial charge is 0.219 e. The third kappa shape index (κ3) is 4.96. The number of hydrogen-bond donors (Lipinski definition) is 1. The highest BCUT2D eigenvalue weighted by Gasteiger charge is 2.37. The molecule has 3 unspecified atom stereocenters. The highest BCUT2D eigenvalue weighted by Crippen LogP contribution is 2.35. The summed E-state index contributed by atoms with van der Waals surface area (Å²) < 4.78 is 13.5. The van der Waals surface area contributed by atoms with E-state index in [2.05, 4.69) is 26.0 Å². The van der Waals surface area contributed by atoms with Crippen molar-refractivity contribution in [1.29, 1.82) is 0 Å². The number of aromatic nitrogens is 3. The van der Waals surface area contributed by atoms with Gasteiger partial charge in [-0.25, -0.2) is 9.67 Å². The minimum absolute atomic E-state index is 0.414. The van der Waals surface area contributed by atoms with E-state index >= 15 is 0 Å². The van der Waals surface area contributed by atoms with Crippen LogP contribution in [0.15, 0.2) is 67.0 Å². The van der Waals surface area contributed by atoms with E-state index in [0.29, 0.717) is 23.3 Å². The highest BCUT2D eigenvalue weighted by atomic mass is 79.9. The number of ether oxygens (including phenoxy) is 2. The molecule has 0 bridgehead atoms. The molecule has 0 saturated heterocycles. The maximum absolute atomic E-state index is 10.9. The van der Waals surface area contributed by atoms with E-state index in [1.54, 1.807) is 12.2 Å². The fourth-order valence-electron chi connectivity index (χ4n) is 2.65. The molecule has 0 radical (unpaired) electrons. The Morgan fingerprint density at radius 1 is 1.36 bits per heavy atom. The van der Waals surface area contributed by atoms with Crippen LogP contribution in [0.3, 0.4) is 0 Å². The minimum atomic E-state index is -0.981. The number of aliphatic hydroxyl groups excluding tert-OH is 1. The fourth-order valence-corrected chi connectivity index (χ4v) is 3.21. The summed E-state index contributed by atoms with van der Waals surface area (Å²) >= 11 is 10.0. The first-order valence-corrected chi connectivity index (χ1v) is 10.4. The van der Waals surface area contributed by atoms with Gasteiger partial charge in [-0.1, -0.05) is 59.6 Å². The van der Waals surface area contributed by atoms with Crippen LogP contribution < -0.4 is 4.74 Å². The maximum atomic E-state index is 10.9. The Balaban J connectivity index is 1.72. The summed E-state index contributed by atoms with van der Waals surface area (Å²) in [5.74, 6) is 1.27. The number of benzene rings is 1. The van der Waals surface area contributed by atoms with Crippen molar-refractivity contribution < 1.29 is 14.6 Å². The van der Waals surface area contributed by atoms with Gasteiger partial charge in [0, 0.05) is 17.2 Å². The Morgan fingerprint density at radius 2 is 2.11 bits per heavy atom. The van der Waals surface area contributed by atoms with Crippen molar-refractivity contribution >= 4 is 27.5 Å². The highest BCUT2D eigenvalue weighted by molar-refractivity contribution is 9.09. The van der Waals surface area contributed by atoms with Crippen molar-refractivity contribution in [3.05, 3.63) is 67.0 Å². The Kier molecular flexibility index (Phi) is 6.47. The van der Waals surface area contributed by atoms with Crippen LogP contribution in [-0.4, -0.2) is 36.4 Å². The molecule has 0 spiro atoms. The third-order valence-corrected chi connectivity index (χ3v) is 6.28. The van der Waals surface area contributed by atoms with Crippen LogP contribution >= 0.6 is 27.5 Å². The molecule has 0 aliphatic heterocycles. The number of aliphatic hydroxyl groups is 1. The third-order valence-electron chi connectivity index (χ3n) is 4.48. The lowest BCUT2D eigenvalue weighted by Crippen LogP contribution is -2.40. The molecule has 1 aliphatic carbocycles. The summed E-state index contributed by atoms with van der Waals surface area (Å²) in [6.45, 7) is 3.89. The molecule has 1 heterocycles.